The van der Waals surface area contributed by atoms with Gasteiger partial charge < -0.3 is 28.5 Å². The van der Waals surface area contributed by atoms with Crippen molar-refractivity contribution in [3.8, 4) is 0 Å². The first-order valence-electron chi connectivity index (χ1n) is 28.9. The Bertz CT molecular complexity index is 1110. The third-order valence-corrected chi connectivity index (χ3v) is 13.0. The SMILES string of the molecule is CCCCCCC/C=C\CCCCCCCC(=O)OC(COC(=O)CCCCCCCCCCCCCCCCCCCCCCCCCCCCCC)COC(OCC[N+](C)(C)C)C(=O)O. The van der Waals surface area contributed by atoms with E-state index in [0.717, 1.165) is 51.4 Å². The van der Waals surface area contributed by atoms with Gasteiger partial charge in [-0.25, -0.2) is 4.79 Å². The van der Waals surface area contributed by atoms with Gasteiger partial charge in [0.05, 0.1) is 34.4 Å². The molecule has 0 rings (SSSR count). The van der Waals surface area contributed by atoms with Crippen LogP contribution >= 0.6 is 0 Å². The van der Waals surface area contributed by atoms with E-state index in [9.17, 15) is 19.5 Å². The number of aliphatic carboxylic acids is 1. The second kappa shape index (κ2) is 50.4. The molecule has 67 heavy (non-hydrogen) atoms. The van der Waals surface area contributed by atoms with E-state index in [2.05, 4.69) is 26.0 Å². The number of likely N-dealkylation sites (N-methyl/N-ethyl adjacent to an activating group) is 1. The number of hydrogen-bond acceptors (Lipinski definition) is 7. The van der Waals surface area contributed by atoms with Gasteiger partial charge in [0.15, 0.2) is 6.10 Å². The summed E-state index contributed by atoms with van der Waals surface area (Å²) in [4.78, 5) is 37.3. The molecule has 0 fully saturated rings. The average Bonchev–Trinajstić information content (AvgIpc) is 3.29. The zero-order valence-corrected chi connectivity index (χ0v) is 45.1. The number of carboxylic acids is 1. The van der Waals surface area contributed by atoms with Crippen LogP contribution in [0.3, 0.4) is 0 Å². The van der Waals surface area contributed by atoms with Crippen molar-refractivity contribution in [1.29, 1.82) is 0 Å². The number of hydrogen-bond donors (Lipinski definition) is 1. The number of carboxylic acid groups (broad SMARTS) is 1. The van der Waals surface area contributed by atoms with E-state index >= 15 is 0 Å². The first-order valence-corrected chi connectivity index (χ1v) is 28.9. The number of carbonyl (C=O) groups excluding carboxylic acids is 2. The van der Waals surface area contributed by atoms with Crippen molar-refractivity contribution < 1.29 is 42.9 Å². The molecule has 9 nitrogen and oxygen atoms in total. The molecule has 2 unspecified atom stereocenters. The lowest BCUT2D eigenvalue weighted by Gasteiger charge is -2.25. The third-order valence-electron chi connectivity index (χ3n) is 13.0. The number of quaternary nitrogens is 1. The molecule has 396 valence electrons. The Balaban J connectivity index is 4.10. The Hall–Kier alpha value is -1.97. The molecule has 0 bridgehead atoms. The molecule has 0 aliphatic rings. The average molecular weight is 952 g/mol. The predicted octanol–water partition coefficient (Wildman–Crippen LogP) is 16.6. The predicted molar refractivity (Wildman–Crippen MR) is 281 cm³/mol. The highest BCUT2D eigenvalue weighted by Crippen LogP contribution is 2.17. The second-order valence-corrected chi connectivity index (χ2v) is 21.0. The summed E-state index contributed by atoms with van der Waals surface area (Å²) in [5, 5.41) is 9.68. The van der Waals surface area contributed by atoms with Crippen molar-refractivity contribution in [3.05, 3.63) is 12.2 Å². The number of rotatable bonds is 54. The maximum atomic E-state index is 12.8. The molecule has 0 amide bonds. The summed E-state index contributed by atoms with van der Waals surface area (Å²) in [6.45, 7) is 4.90. The van der Waals surface area contributed by atoms with Gasteiger partial charge in [0.1, 0.15) is 13.2 Å². The van der Waals surface area contributed by atoms with Crippen LogP contribution in [0.15, 0.2) is 12.2 Å². The van der Waals surface area contributed by atoms with Crippen LogP contribution in [0.5, 0.6) is 0 Å². The quantitative estimate of drug-likeness (QED) is 0.0211. The molecule has 9 heteroatoms. The summed E-state index contributed by atoms with van der Waals surface area (Å²) in [6, 6.07) is 0. The molecule has 0 saturated heterocycles. The van der Waals surface area contributed by atoms with Crippen molar-refractivity contribution in [3.63, 3.8) is 0 Å². The van der Waals surface area contributed by atoms with Crippen molar-refractivity contribution >= 4 is 17.9 Å². The summed E-state index contributed by atoms with van der Waals surface area (Å²) >= 11 is 0. The van der Waals surface area contributed by atoms with Crippen molar-refractivity contribution in [2.75, 3.05) is 47.5 Å². The van der Waals surface area contributed by atoms with E-state index in [-0.39, 0.29) is 32.2 Å². The lowest BCUT2D eigenvalue weighted by Crippen LogP contribution is -2.40. The van der Waals surface area contributed by atoms with Crippen LogP contribution in [0.25, 0.3) is 0 Å². The van der Waals surface area contributed by atoms with Gasteiger partial charge in [-0.15, -0.1) is 0 Å². The maximum absolute atomic E-state index is 12.8. The summed E-state index contributed by atoms with van der Waals surface area (Å²) in [5.74, 6) is -2.00. The molecule has 0 aromatic carbocycles. The first kappa shape index (κ1) is 65.0. The minimum Gasteiger partial charge on any atom is -0.477 e. The van der Waals surface area contributed by atoms with Crippen LogP contribution < -0.4 is 0 Å². The standard InChI is InChI=1S/C58H111NO8/c1-6-8-10-12-14-16-18-20-22-23-24-25-26-27-28-29-30-31-32-33-34-35-37-38-40-42-44-46-48-55(60)65-52-54(53-66-58(57(62)63)64-51-50-59(3,4)5)67-56(61)49-47-45-43-41-39-36-21-19-17-15-13-11-9-7-2/h19,21,54,58H,6-18,20,22-53H2,1-5H3/p+1/b21-19-. The molecule has 0 saturated carbocycles. The van der Waals surface area contributed by atoms with Crippen molar-refractivity contribution in [1.82, 2.24) is 0 Å². The monoisotopic (exact) mass is 951 g/mol. The van der Waals surface area contributed by atoms with E-state index in [1.165, 1.54) is 199 Å². The largest absolute Gasteiger partial charge is 0.477 e. The van der Waals surface area contributed by atoms with Crippen LogP contribution in [0, 0.1) is 0 Å². The van der Waals surface area contributed by atoms with E-state index in [1.54, 1.807) is 0 Å². The smallest absolute Gasteiger partial charge is 0.361 e. The number of ether oxygens (including phenoxy) is 4. The Morgan fingerprint density at radius 1 is 0.433 bits per heavy atom. The number of allylic oxidation sites excluding steroid dienone is 2. The van der Waals surface area contributed by atoms with Gasteiger partial charge in [-0.3, -0.25) is 9.59 Å². The lowest BCUT2D eigenvalue weighted by molar-refractivity contribution is -0.870. The van der Waals surface area contributed by atoms with Crippen LogP contribution in [0.1, 0.15) is 284 Å². The summed E-state index contributed by atoms with van der Waals surface area (Å²) in [6.07, 6.45) is 54.5. The summed E-state index contributed by atoms with van der Waals surface area (Å²) in [5.41, 5.74) is 0. The maximum Gasteiger partial charge on any atom is 0.361 e. The van der Waals surface area contributed by atoms with Gasteiger partial charge >= 0.3 is 17.9 Å². The minimum atomic E-state index is -1.51. The second-order valence-electron chi connectivity index (χ2n) is 21.0. The Labute approximate surface area is 415 Å². The summed E-state index contributed by atoms with van der Waals surface area (Å²) < 4.78 is 22.8. The third kappa shape index (κ3) is 51.7. The van der Waals surface area contributed by atoms with Crippen LogP contribution in [0.4, 0.5) is 0 Å². The molecule has 0 heterocycles. The molecule has 0 aromatic heterocycles. The number of esters is 2. The van der Waals surface area contributed by atoms with Crippen LogP contribution in [-0.4, -0.2) is 87.4 Å². The Morgan fingerprint density at radius 2 is 0.761 bits per heavy atom. The van der Waals surface area contributed by atoms with Crippen molar-refractivity contribution in [2.45, 2.75) is 296 Å². The van der Waals surface area contributed by atoms with Gasteiger partial charge in [0.25, 0.3) is 6.29 Å². The normalized spacial score (nSPS) is 12.8. The zero-order valence-electron chi connectivity index (χ0n) is 45.1. The van der Waals surface area contributed by atoms with Gasteiger partial charge in [0, 0.05) is 12.8 Å². The van der Waals surface area contributed by atoms with Gasteiger partial charge in [0.2, 0.25) is 0 Å². The number of nitrogens with zero attached hydrogens (tertiary/aromatic N) is 1. The highest BCUT2D eigenvalue weighted by atomic mass is 16.7. The number of carbonyl (C=O) groups is 3. The lowest BCUT2D eigenvalue weighted by atomic mass is 10.0. The van der Waals surface area contributed by atoms with E-state index in [4.69, 9.17) is 18.9 Å². The zero-order chi connectivity index (χ0) is 49.2. The molecular weight excluding hydrogens is 839 g/mol. The molecule has 1 N–H and O–H groups in total. The Morgan fingerprint density at radius 3 is 1.10 bits per heavy atom. The van der Waals surface area contributed by atoms with Gasteiger partial charge in [-0.05, 0) is 38.5 Å². The topological polar surface area (TPSA) is 108 Å². The molecule has 0 spiro atoms. The van der Waals surface area contributed by atoms with Gasteiger partial charge in [-0.2, -0.15) is 0 Å². The molecule has 0 aliphatic heterocycles. The fourth-order valence-electron chi connectivity index (χ4n) is 8.54. The van der Waals surface area contributed by atoms with Gasteiger partial charge in [-0.1, -0.05) is 244 Å². The minimum absolute atomic E-state index is 0.179. The van der Waals surface area contributed by atoms with E-state index < -0.39 is 24.3 Å². The highest BCUT2D eigenvalue weighted by Gasteiger charge is 2.25. The molecular formula is C58H112NO8+. The molecule has 0 aromatic rings. The van der Waals surface area contributed by atoms with E-state index in [1.807, 2.05) is 21.1 Å². The highest BCUT2D eigenvalue weighted by molar-refractivity contribution is 5.71. The van der Waals surface area contributed by atoms with Crippen molar-refractivity contribution in [2.24, 2.45) is 0 Å². The summed E-state index contributed by atoms with van der Waals surface area (Å²) in [7, 11) is 5.97. The number of unbranched alkanes of at least 4 members (excludes halogenated alkanes) is 37. The molecule has 2 atom stereocenters. The first-order chi connectivity index (χ1) is 32.6. The fraction of sp³-hybridized carbons (Fsp3) is 0.914. The Kier molecular flexibility index (Phi) is 48.9. The molecule has 0 aliphatic carbocycles. The fourth-order valence-corrected chi connectivity index (χ4v) is 8.54. The van der Waals surface area contributed by atoms with Crippen LogP contribution in [-0.2, 0) is 33.3 Å². The molecule has 0 radical (unpaired) electrons. The van der Waals surface area contributed by atoms with E-state index in [0.29, 0.717) is 23.9 Å². The van der Waals surface area contributed by atoms with Crippen LogP contribution in [0.2, 0.25) is 0 Å².